The van der Waals surface area contributed by atoms with Crippen molar-refractivity contribution in [2.75, 3.05) is 18.5 Å². The lowest BCUT2D eigenvalue weighted by Crippen LogP contribution is -2.10. The minimum atomic E-state index is -0.348. The van der Waals surface area contributed by atoms with Gasteiger partial charge in [-0.3, -0.25) is 4.99 Å². The summed E-state index contributed by atoms with van der Waals surface area (Å²) in [5.41, 5.74) is 0.711. The number of amidine groups is 1. The predicted octanol–water partition coefficient (Wildman–Crippen LogP) is 4.15. The van der Waals surface area contributed by atoms with Gasteiger partial charge in [0.15, 0.2) is 16.7 Å². The summed E-state index contributed by atoms with van der Waals surface area (Å²) >= 11 is 1.74. The summed E-state index contributed by atoms with van der Waals surface area (Å²) in [5.74, 6) is 0.612. The molecule has 20 heavy (non-hydrogen) atoms. The van der Waals surface area contributed by atoms with E-state index in [1.54, 1.807) is 17.8 Å². The van der Waals surface area contributed by atoms with Gasteiger partial charge < -0.3 is 10.1 Å². The SMILES string of the molecule is CCOc1ccc(NC2=NCC(CC(C)C)S2)cc1F. The summed E-state index contributed by atoms with van der Waals surface area (Å²) < 4.78 is 18.9. The van der Waals surface area contributed by atoms with Gasteiger partial charge in [-0.25, -0.2) is 4.39 Å². The van der Waals surface area contributed by atoms with Gasteiger partial charge in [0.1, 0.15) is 0 Å². The molecule has 1 aliphatic heterocycles. The van der Waals surface area contributed by atoms with E-state index in [2.05, 4.69) is 24.2 Å². The first-order valence-corrected chi connectivity index (χ1v) is 7.87. The molecule has 1 atom stereocenters. The topological polar surface area (TPSA) is 33.6 Å². The summed E-state index contributed by atoms with van der Waals surface area (Å²) in [4.78, 5) is 4.47. The average molecular weight is 296 g/mol. The zero-order chi connectivity index (χ0) is 14.5. The zero-order valence-corrected chi connectivity index (χ0v) is 13.0. The normalized spacial score (nSPS) is 18.2. The fourth-order valence-corrected chi connectivity index (χ4v) is 3.38. The molecule has 110 valence electrons. The lowest BCUT2D eigenvalue weighted by Gasteiger charge is -2.12. The molecule has 5 heteroatoms. The maximum atomic E-state index is 13.7. The van der Waals surface area contributed by atoms with Crippen LogP contribution in [0.5, 0.6) is 5.75 Å². The lowest BCUT2D eigenvalue weighted by atomic mass is 10.1. The molecule has 1 aliphatic rings. The Bertz CT molecular complexity index is 491. The third-order valence-electron chi connectivity index (χ3n) is 2.93. The first-order chi connectivity index (χ1) is 9.58. The van der Waals surface area contributed by atoms with E-state index in [0.717, 1.165) is 18.1 Å². The van der Waals surface area contributed by atoms with Gasteiger partial charge in [0, 0.05) is 17.0 Å². The highest BCUT2D eigenvalue weighted by molar-refractivity contribution is 8.15. The number of anilines is 1. The van der Waals surface area contributed by atoms with Gasteiger partial charge in [-0.05, 0) is 31.4 Å². The molecule has 0 amide bonds. The van der Waals surface area contributed by atoms with Crippen LogP contribution in [0.15, 0.2) is 23.2 Å². The van der Waals surface area contributed by atoms with Crippen LogP contribution in [0.3, 0.4) is 0 Å². The summed E-state index contributed by atoms with van der Waals surface area (Å²) in [6.07, 6.45) is 1.15. The van der Waals surface area contributed by atoms with E-state index in [0.29, 0.717) is 23.5 Å². The molecule has 0 aliphatic carbocycles. The van der Waals surface area contributed by atoms with E-state index in [-0.39, 0.29) is 11.6 Å². The van der Waals surface area contributed by atoms with E-state index < -0.39 is 0 Å². The Morgan fingerprint density at radius 3 is 2.95 bits per heavy atom. The van der Waals surface area contributed by atoms with Gasteiger partial charge in [0.25, 0.3) is 0 Å². The van der Waals surface area contributed by atoms with E-state index in [1.165, 1.54) is 6.07 Å². The minimum absolute atomic E-state index is 0.289. The molecule has 2 rings (SSSR count). The van der Waals surface area contributed by atoms with Gasteiger partial charge in [0.05, 0.1) is 13.2 Å². The molecular formula is C15H21FN2OS. The van der Waals surface area contributed by atoms with Crippen molar-refractivity contribution in [2.24, 2.45) is 10.9 Å². The molecular weight excluding hydrogens is 275 g/mol. The van der Waals surface area contributed by atoms with E-state index in [9.17, 15) is 4.39 Å². The summed E-state index contributed by atoms with van der Waals surface area (Å²) in [5, 5.41) is 4.58. The smallest absolute Gasteiger partial charge is 0.167 e. The first-order valence-electron chi connectivity index (χ1n) is 6.99. The molecule has 0 aromatic heterocycles. The third kappa shape index (κ3) is 4.13. The number of hydrogen-bond acceptors (Lipinski definition) is 4. The Labute approximate surface area is 124 Å². The lowest BCUT2D eigenvalue weighted by molar-refractivity contribution is 0.321. The second-order valence-corrected chi connectivity index (χ2v) is 6.51. The Morgan fingerprint density at radius 2 is 2.30 bits per heavy atom. The van der Waals surface area contributed by atoms with E-state index in [1.807, 2.05) is 13.0 Å². The van der Waals surface area contributed by atoms with Gasteiger partial charge in [-0.1, -0.05) is 25.6 Å². The van der Waals surface area contributed by atoms with Crippen LogP contribution in [0.1, 0.15) is 27.2 Å². The number of halogens is 1. The zero-order valence-electron chi connectivity index (χ0n) is 12.1. The summed E-state index contributed by atoms with van der Waals surface area (Å²) in [6.45, 7) is 7.57. The third-order valence-corrected chi connectivity index (χ3v) is 4.06. The molecule has 1 aromatic carbocycles. The van der Waals surface area contributed by atoms with E-state index in [4.69, 9.17) is 4.74 Å². The molecule has 0 radical (unpaired) electrons. The van der Waals surface area contributed by atoms with Crippen molar-refractivity contribution in [3.8, 4) is 5.75 Å². The van der Waals surface area contributed by atoms with Crippen LogP contribution >= 0.6 is 11.8 Å². The molecule has 0 saturated heterocycles. The predicted molar refractivity (Wildman–Crippen MR) is 84.3 cm³/mol. The van der Waals surface area contributed by atoms with Gasteiger partial charge in [-0.2, -0.15) is 0 Å². The number of ether oxygens (including phenoxy) is 1. The van der Waals surface area contributed by atoms with Crippen LogP contribution in [-0.4, -0.2) is 23.6 Å². The van der Waals surface area contributed by atoms with Gasteiger partial charge in [0.2, 0.25) is 0 Å². The number of aliphatic imine (C=N–C) groups is 1. The Kier molecular flexibility index (Phi) is 5.29. The molecule has 0 spiro atoms. The Hall–Kier alpha value is -1.23. The molecule has 1 heterocycles. The number of nitrogens with one attached hydrogen (secondary N) is 1. The number of benzene rings is 1. The second kappa shape index (κ2) is 6.97. The van der Waals surface area contributed by atoms with E-state index >= 15 is 0 Å². The first kappa shape index (κ1) is 15.2. The highest BCUT2D eigenvalue weighted by atomic mass is 32.2. The standard InChI is InChI=1S/C15H21FN2OS/c1-4-19-14-6-5-11(8-13(14)16)18-15-17-9-12(20-15)7-10(2)3/h5-6,8,10,12H,4,7,9H2,1-3H3,(H,17,18). The van der Waals surface area contributed by atoms with Crippen molar-refractivity contribution < 1.29 is 9.13 Å². The second-order valence-electron chi connectivity index (χ2n) is 5.22. The van der Waals surface area contributed by atoms with Crippen LogP contribution < -0.4 is 10.1 Å². The summed E-state index contributed by atoms with van der Waals surface area (Å²) in [6, 6.07) is 4.91. The van der Waals surface area contributed by atoms with Crippen molar-refractivity contribution >= 4 is 22.6 Å². The summed E-state index contributed by atoms with van der Waals surface area (Å²) in [7, 11) is 0. The molecule has 1 unspecified atom stereocenters. The quantitative estimate of drug-likeness (QED) is 0.886. The molecule has 0 saturated carbocycles. The average Bonchev–Trinajstić information content (AvgIpc) is 2.79. The van der Waals surface area contributed by atoms with Crippen LogP contribution in [0.25, 0.3) is 0 Å². The van der Waals surface area contributed by atoms with Crippen molar-refractivity contribution in [1.82, 2.24) is 0 Å². The molecule has 1 aromatic rings. The number of hydrogen-bond donors (Lipinski definition) is 1. The van der Waals surface area contributed by atoms with Crippen LogP contribution in [0, 0.1) is 11.7 Å². The van der Waals surface area contributed by atoms with Gasteiger partial charge in [-0.15, -0.1) is 0 Å². The minimum Gasteiger partial charge on any atom is -0.491 e. The van der Waals surface area contributed by atoms with Crippen LogP contribution in [-0.2, 0) is 0 Å². The fraction of sp³-hybridized carbons (Fsp3) is 0.533. The Morgan fingerprint density at radius 1 is 1.50 bits per heavy atom. The van der Waals surface area contributed by atoms with Crippen molar-refractivity contribution in [3.63, 3.8) is 0 Å². The number of rotatable bonds is 5. The molecule has 3 nitrogen and oxygen atoms in total. The van der Waals surface area contributed by atoms with Crippen molar-refractivity contribution in [1.29, 1.82) is 0 Å². The monoisotopic (exact) mass is 296 g/mol. The fourth-order valence-electron chi connectivity index (χ4n) is 2.11. The molecule has 0 fully saturated rings. The maximum absolute atomic E-state index is 13.7. The van der Waals surface area contributed by atoms with Crippen molar-refractivity contribution in [2.45, 2.75) is 32.4 Å². The van der Waals surface area contributed by atoms with Crippen molar-refractivity contribution in [3.05, 3.63) is 24.0 Å². The maximum Gasteiger partial charge on any atom is 0.167 e. The Balaban J connectivity index is 1.93. The number of nitrogens with zero attached hydrogens (tertiary/aromatic N) is 1. The van der Waals surface area contributed by atoms with Crippen LogP contribution in [0.2, 0.25) is 0 Å². The van der Waals surface area contributed by atoms with Gasteiger partial charge >= 0.3 is 0 Å². The highest BCUT2D eigenvalue weighted by Gasteiger charge is 2.20. The molecule has 0 bridgehead atoms. The van der Waals surface area contributed by atoms with Crippen LogP contribution in [0.4, 0.5) is 10.1 Å². The highest BCUT2D eigenvalue weighted by Crippen LogP contribution is 2.28. The number of thioether (sulfide) groups is 1. The largest absolute Gasteiger partial charge is 0.491 e. The molecule has 1 N–H and O–H groups in total.